The van der Waals surface area contributed by atoms with E-state index < -0.39 is 0 Å². The number of rotatable bonds is 2. The Morgan fingerprint density at radius 2 is 2.19 bits per heavy atom. The average molecular weight is 205 g/mol. The Hall–Kier alpha value is -1.82. The van der Waals surface area contributed by atoms with Crippen molar-refractivity contribution in [1.82, 2.24) is 0 Å². The Morgan fingerprint density at radius 1 is 1.25 bits per heavy atom. The summed E-state index contributed by atoms with van der Waals surface area (Å²) < 4.78 is 0. The lowest BCUT2D eigenvalue weighted by Crippen LogP contribution is -1.88. The zero-order valence-corrected chi connectivity index (χ0v) is 9.16. The molecule has 0 atom stereocenters. The molecule has 2 aromatic rings. The van der Waals surface area contributed by atoms with Crippen molar-refractivity contribution in [1.29, 1.82) is 0 Å². The molecule has 0 saturated heterocycles. The first-order valence-corrected chi connectivity index (χ1v) is 5.62. The molecule has 1 radical (unpaired) electrons. The van der Waals surface area contributed by atoms with Crippen molar-refractivity contribution < 1.29 is 0 Å². The Bertz CT molecular complexity index is 550. The molecule has 1 aliphatic rings. The van der Waals surface area contributed by atoms with Crippen molar-refractivity contribution in [3.05, 3.63) is 71.8 Å². The second-order valence-corrected chi connectivity index (χ2v) is 4.18. The van der Waals surface area contributed by atoms with E-state index in [1.165, 1.54) is 27.8 Å². The van der Waals surface area contributed by atoms with E-state index in [9.17, 15) is 0 Å². The largest absolute Gasteiger partial charge is 0.103 e. The maximum absolute atomic E-state index is 3.83. The highest BCUT2D eigenvalue weighted by Gasteiger charge is 2.19. The van der Waals surface area contributed by atoms with E-state index in [1.54, 1.807) is 0 Å². The normalized spacial score (nSPS) is 12.0. The summed E-state index contributed by atoms with van der Waals surface area (Å²) in [4.78, 5) is 0. The zero-order chi connectivity index (χ0) is 11.0. The van der Waals surface area contributed by atoms with Crippen molar-refractivity contribution in [2.75, 3.05) is 0 Å². The van der Waals surface area contributed by atoms with Gasteiger partial charge in [0.2, 0.25) is 0 Å². The molecule has 77 valence electrons. The van der Waals surface area contributed by atoms with Gasteiger partial charge in [-0.1, -0.05) is 42.5 Å². The third-order valence-electron chi connectivity index (χ3n) is 3.18. The van der Waals surface area contributed by atoms with E-state index in [2.05, 4.69) is 43.0 Å². The standard InChI is InChI=1S/C16H13/c1-2-6-12-8-5-9-14-11-13-7-3-4-10-15(13)16(12)14/h2-5,8-10H,1,6,11H2. The molecule has 0 aliphatic heterocycles. The van der Waals surface area contributed by atoms with Crippen LogP contribution in [0.2, 0.25) is 0 Å². The number of fused-ring (bicyclic) bond motifs is 3. The molecule has 0 aromatic heterocycles. The fourth-order valence-electron chi connectivity index (χ4n) is 2.51. The van der Waals surface area contributed by atoms with Crippen LogP contribution in [0.1, 0.15) is 16.7 Å². The van der Waals surface area contributed by atoms with Crippen LogP contribution in [0.25, 0.3) is 11.1 Å². The Kier molecular flexibility index (Phi) is 2.14. The molecule has 0 N–H and O–H groups in total. The molecule has 3 rings (SSSR count). The monoisotopic (exact) mass is 205 g/mol. The first-order valence-electron chi connectivity index (χ1n) is 5.62. The van der Waals surface area contributed by atoms with Crippen molar-refractivity contribution in [3.63, 3.8) is 0 Å². The SMILES string of the molecule is C=CCc1cccc2c1-c1ccc[c]c1C2. The van der Waals surface area contributed by atoms with E-state index in [0.29, 0.717) is 0 Å². The van der Waals surface area contributed by atoms with Crippen LogP contribution in [0.4, 0.5) is 0 Å². The highest BCUT2D eigenvalue weighted by atomic mass is 14.2. The van der Waals surface area contributed by atoms with Crippen LogP contribution in [0, 0.1) is 6.07 Å². The minimum atomic E-state index is 0.942. The van der Waals surface area contributed by atoms with Crippen LogP contribution < -0.4 is 0 Å². The van der Waals surface area contributed by atoms with Gasteiger partial charge in [0.1, 0.15) is 0 Å². The maximum Gasteiger partial charge on any atom is -0.000718 e. The van der Waals surface area contributed by atoms with Crippen LogP contribution in [-0.4, -0.2) is 0 Å². The van der Waals surface area contributed by atoms with Crippen LogP contribution in [-0.2, 0) is 12.8 Å². The molecule has 0 nitrogen and oxygen atoms in total. The molecule has 1 aliphatic carbocycles. The van der Waals surface area contributed by atoms with Gasteiger partial charge in [0.25, 0.3) is 0 Å². The van der Waals surface area contributed by atoms with Crippen LogP contribution >= 0.6 is 0 Å². The summed E-state index contributed by atoms with van der Waals surface area (Å²) in [5.74, 6) is 0. The molecule has 0 bridgehead atoms. The molecule has 0 unspecified atom stereocenters. The van der Waals surface area contributed by atoms with E-state index in [0.717, 1.165) is 12.8 Å². The third-order valence-corrected chi connectivity index (χ3v) is 3.18. The molecule has 16 heavy (non-hydrogen) atoms. The van der Waals surface area contributed by atoms with Crippen molar-refractivity contribution in [2.45, 2.75) is 12.8 Å². The summed E-state index contributed by atoms with van der Waals surface area (Å²) in [7, 11) is 0. The van der Waals surface area contributed by atoms with Gasteiger partial charge in [0.05, 0.1) is 0 Å². The lowest BCUT2D eigenvalue weighted by Gasteiger charge is -2.07. The number of hydrogen-bond donors (Lipinski definition) is 0. The second kappa shape index (κ2) is 3.64. The van der Waals surface area contributed by atoms with Crippen LogP contribution in [0.5, 0.6) is 0 Å². The molecular formula is C16H13. The number of hydrogen-bond acceptors (Lipinski definition) is 0. The summed E-state index contributed by atoms with van der Waals surface area (Å²) in [6.07, 6.45) is 3.94. The predicted octanol–water partition coefficient (Wildman–Crippen LogP) is 3.79. The van der Waals surface area contributed by atoms with Gasteiger partial charge in [-0.3, -0.25) is 0 Å². The van der Waals surface area contributed by atoms with Gasteiger partial charge < -0.3 is 0 Å². The minimum absolute atomic E-state index is 0.942. The van der Waals surface area contributed by atoms with Gasteiger partial charge in [0, 0.05) is 0 Å². The van der Waals surface area contributed by atoms with Crippen LogP contribution in [0.3, 0.4) is 0 Å². The molecule has 0 amide bonds. The first-order chi connectivity index (χ1) is 7.90. The maximum atomic E-state index is 3.83. The fourth-order valence-corrected chi connectivity index (χ4v) is 2.51. The molecule has 0 fully saturated rings. The van der Waals surface area contributed by atoms with E-state index in [-0.39, 0.29) is 0 Å². The average Bonchev–Trinajstić information content (AvgIpc) is 2.68. The van der Waals surface area contributed by atoms with Gasteiger partial charge in [0.15, 0.2) is 0 Å². The Balaban J connectivity index is 2.24. The van der Waals surface area contributed by atoms with E-state index in [1.807, 2.05) is 12.1 Å². The van der Waals surface area contributed by atoms with Crippen molar-refractivity contribution in [2.24, 2.45) is 0 Å². The third kappa shape index (κ3) is 1.30. The Labute approximate surface area is 96.3 Å². The fraction of sp³-hybridized carbons (Fsp3) is 0.125. The molecule has 0 saturated carbocycles. The van der Waals surface area contributed by atoms with Crippen molar-refractivity contribution in [3.8, 4) is 11.1 Å². The highest BCUT2D eigenvalue weighted by Crippen LogP contribution is 2.38. The van der Waals surface area contributed by atoms with E-state index >= 15 is 0 Å². The molecule has 0 heterocycles. The number of benzene rings is 2. The molecule has 0 spiro atoms. The van der Waals surface area contributed by atoms with Crippen molar-refractivity contribution >= 4 is 0 Å². The van der Waals surface area contributed by atoms with Gasteiger partial charge in [-0.2, -0.15) is 0 Å². The second-order valence-electron chi connectivity index (χ2n) is 4.18. The van der Waals surface area contributed by atoms with Gasteiger partial charge >= 0.3 is 0 Å². The summed E-state index contributed by atoms with van der Waals surface area (Å²) in [5.41, 5.74) is 6.90. The lowest BCUT2D eigenvalue weighted by molar-refractivity contribution is 1.23. The van der Waals surface area contributed by atoms with Gasteiger partial charge in [-0.15, -0.1) is 6.58 Å². The highest BCUT2D eigenvalue weighted by molar-refractivity contribution is 5.79. The summed E-state index contributed by atoms with van der Waals surface area (Å²) in [6, 6.07) is 16.2. The smallest absolute Gasteiger partial charge is 0.000718 e. The summed E-state index contributed by atoms with van der Waals surface area (Å²) in [6.45, 7) is 3.83. The Morgan fingerprint density at radius 3 is 3.06 bits per heavy atom. The molecule has 2 aromatic carbocycles. The quantitative estimate of drug-likeness (QED) is 0.558. The predicted molar refractivity (Wildman–Crippen MR) is 67.4 cm³/mol. The summed E-state index contributed by atoms with van der Waals surface area (Å²) in [5, 5.41) is 0. The first kappa shape index (κ1) is 9.41. The molecular weight excluding hydrogens is 192 g/mol. The summed E-state index contributed by atoms with van der Waals surface area (Å²) >= 11 is 0. The molecule has 0 heteroatoms. The van der Waals surface area contributed by atoms with Gasteiger partial charge in [-0.25, -0.2) is 0 Å². The minimum Gasteiger partial charge on any atom is -0.103 e. The topological polar surface area (TPSA) is 0 Å². The zero-order valence-electron chi connectivity index (χ0n) is 9.16. The number of allylic oxidation sites excluding steroid dienone is 1. The lowest BCUT2D eigenvalue weighted by atomic mass is 9.97. The van der Waals surface area contributed by atoms with Crippen LogP contribution in [0.15, 0.2) is 49.1 Å². The van der Waals surface area contributed by atoms with E-state index in [4.69, 9.17) is 0 Å². The van der Waals surface area contributed by atoms with Gasteiger partial charge in [-0.05, 0) is 46.7 Å².